The van der Waals surface area contributed by atoms with Crippen molar-refractivity contribution >= 4 is 5.91 Å². The van der Waals surface area contributed by atoms with Gasteiger partial charge in [-0.2, -0.15) is 0 Å². The van der Waals surface area contributed by atoms with E-state index in [0.29, 0.717) is 24.9 Å². The molecule has 0 aromatic carbocycles. The minimum absolute atomic E-state index is 0.0723. The number of aliphatic hydroxyl groups excluding tert-OH is 1. The van der Waals surface area contributed by atoms with Crippen LogP contribution in [0.15, 0.2) is 0 Å². The standard InChI is InChI=1S/C15H25NO3/c1-15(5-6-17,8-19-2)16-14(18)13-11-9-3-4-10(7-9)12(11)13/h9-13,17H,3-8H2,1-2H3,(H,16,18). The van der Waals surface area contributed by atoms with Crippen LogP contribution in [0, 0.1) is 29.6 Å². The number of nitrogens with one attached hydrogen (secondary N) is 1. The molecule has 3 aliphatic rings. The van der Waals surface area contributed by atoms with Gasteiger partial charge >= 0.3 is 0 Å². The smallest absolute Gasteiger partial charge is 0.224 e. The second kappa shape index (κ2) is 4.74. The highest BCUT2D eigenvalue weighted by molar-refractivity contribution is 5.83. The lowest BCUT2D eigenvalue weighted by atomic mass is 9.97. The molecule has 5 atom stereocenters. The predicted molar refractivity (Wildman–Crippen MR) is 71.4 cm³/mol. The SMILES string of the molecule is COCC(C)(CCO)NC(=O)C1C2C3CCC(C3)C12. The van der Waals surface area contributed by atoms with Gasteiger partial charge in [-0.1, -0.05) is 0 Å². The predicted octanol–water partition coefficient (Wildman–Crippen LogP) is 1.18. The lowest BCUT2D eigenvalue weighted by Gasteiger charge is -2.30. The number of ether oxygens (including phenoxy) is 1. The van der Waals surface area contributed by atoms with Gasteiger partial charge in [-0.05, 0) is 56.3 Å². The molecule has 4 nitrogen and oxygen atoms in total. The molecule has 0 radical (unpaired) electrons. The minimum Gasteiger partial charge on any atom is -0.396 e. The molecule has 0 heterocycles. The molecule has 0 spiro atoms. The van der Waals surface area contributed by atoms with Gasteiger partial charge in [0.15, 0.2) is 0 Å². The summed E-state index contributed by atoms with van der Waals surface area (Å²) in [5.74, 6) is 3.41. The van der Waals surface area contributed by atoms with Crippen LogP contribution in [0.2, 0.25) is 0 Å². The molecule has 4 heteroatoms. The van der Waals surface area contributed by atoms with Gasteiger partial charge in [0.05, 0.1) is 12.1 Å². The van der Waals surface area contributed by atoms with Crippen LogP contribution in [0.25, 0.3) is 0 Å². The van der Waals surface area contributed by atoms with Crippen LogP contribution in [0.3, 0.4) is 0 Å². The molecule has 2 N–H and O–H groups in total. The summed E-state index contributed by atoms with van der Waals surface area (Å²) in [5, 5.41) is 12.3. The van der Waals surface area contributed by atoms with Gasteiger partial charge in [0.25, 0.3) is 0 Å². The molecule has 5 unspecified atom stereocenters. The highest BCUT2D eigenvalue weighted by atomic mass is 16.5. The van der Waals surface area contributed by atoms with E-state index in [4.69, 9.17) is 9.84 Å². The first-order valence-electron chi connectivity index (χ1n) is 7.51. The van der Waals surface area contributed by atoms with Crippen LogP contribution in [-0.4, -0.2) is 36.9 Å². The van der Waals surface area contributed by atoms with Gasteiger partial charge in [0.1, 0.15) is 0 Å². The van der Waals surface area contributed by atoms with Gasteiger partial charge in [-0.3, -0.25) is 4.79 Å². The maximum absolute atomic E-state index is 12.5. The summed E-state index contributed by atoms with van der Waals surface area (Å²) in [6, 6.07) is 0. The molecule has 0 aromatic rings. The second-order valence-corrected chi connectivity index (χ2v) is 6.97. The summed E-state index contributed by atoms with van der Waals surface area (Å²) in [6.07, 6.45) is 4.58. The topological polar surface area (TPSA) is 58.6 Å². The van der Waals surface area contributed by atoms with E-state index in [9.17, 15) is 4.79 Å². The maximum Gasteiger partial charge on any atom is 0.224 e. The zero-order valence-corrected chi connectivity index (χ0v) is 11.9. The van der Waals surface area contributed by atoms with Crippen molar-refractivity contribution in [3.63, 3.8) is 0 Å². The van der Waals surface area contributed by atoms with Crippen molar-refractivity contribution in [2.45, 2.75) is 38.1 Å². The molecular weight excluding hydrogens is 242 g/mol. The first kappa shape index (κ1) is 13.4. The lowest BCUT2D eigenvalue weighted by molar-refractivity contribution is -0.126. The summed E-state index contributed by atoms with van der Waals surface area (Å²) in [5.41, 5.74) is -0.434. The molecule has 3 aliphatic carbocycles. The van der Waals surface area contributed by atoms with Crippen molar-refractivity contribution in [1.29, 1.82) is 0 Å². The molecule has 3 rings (SSSR count). The van der Waals surface area contributed by atoms with Gasteiger partial charge < -0.3 is 15.2 Å². The number of fused-ring (bicyclic) bond motifs is 5. The Morgan fingerprint density at radius 3 is 2.53 bits per heavy atom. The Kier molecular flexibility index (Phi) is 3.34. The van der Waals surface area contributed by atoms with Crippen LogP contribution in [0.5, 0.6) is 0 Å². The fourth-order valence-electron chi connectivity index (χ4n) is 4.79. The fourth-order valence-corrected chi connectivity index (χ4v) is 4.79. The van der Waals surface area contributed by atoms with Crippen LogP contribution >= 0.6 is 0 Å². The number of carbonyl (C=O) groups excluding carboxylic acids is 1. The maximum atomic E-state index is 12.5. The van der Waals surface area contributed by atoms with Crippen LogP contribution < -0.4 is 5.32 Å². The zero-order chi connectivity index (χ0) is 13.6. The second-order valence-electron chi connectivity index (χ2n) is 6.97. The molecule has 19 heavy (non-hydrogen) atoms. The first-order valence-corrected chi connectivity index (χ1v) is 7.51. The van der Waals surface area contributed by atoms with Crippen LogP contribution in [0.4, 0.5) is 0 Å². The van der Waals surface area contributed by atoms with Crippen LogP contribution in [0.1, 0.15) is 32.6 Å². The molecule has 3 saturated carbocycles. The number of amides is 1. The van der Waals surface area contributed by atoms with Gasteiger partial charge in [-0.15, -0.1) is 0 Å². The van der Waals surface area contributed by atoms with Crippen molar-refractivity contribution in [2.75, 3.05) is 20.3 Å². The van der Waals surface area contributed by atoms with Crippen LogP contribution in [-0.2, 0) is 9.53 Å². The molecule has 0 saturated heterocycles. The van der Waals surface area contributed by atoms with Crippen molar-refractivity contribution in [3.05, 3.63) is 0 Å². The molecular formula is C15H25NO3. The van der Waals surface area contributed by atoms with Gasteiger partial charge in [-0.25, -0.2) is 0 Å². The van der Waals surface area contributed by atoms with Crippen molar-refractivity contribution in [2.24, 2.45) is 29.6 Å². The van der Waals surface area contributed by atoms with Crippen molar-refractivity contribution in [1.82, 2.24) is 5.32 Å². The third-order valence-corrected chi connectivity index (χ3v) is 5.59. The Balaban J connectivity index is 1.60. The Morgan fingerprint density at radius 1 is 1.37 bits per heavy atom. The summed E-state index contributed by atoms with van der Waals surface area (Å²) in [6.45, 7) is 2.48. The average Bonchev–Trinajstić information content (AvgIpc) is 2.80. The minimum atomic E-state index is -0.434. The molecule has 1 amide bonds. The first-order chi connectivity index (χ1) is 9.09. The zero-order valence-electron chi connectivity index (χ0n) is 11.9. The quantitative estimate of drug-likeness (QED) is 0.760. The van der Waals surface area contributed by atoms with E-state index in [1.807, 2.05) is 6.92 Å². The number of hydrogen-bond acceptors (Lipinski definition) is 3. The summed E-state index contributed by atoms with van der Waals surface area (Å²) >= 11 is 0. The molecule has 0 aliphatic heterocycles. The molecule has 0 aromatic heterocycles. The molecule has 3 fully saturated rings. The van der Waals surface area contributed by atoms with Gasteiger partial charge in [0, 0.05) is 19.6 Å². The summed E-state index contributed by atoms with van der Waals surface area (Å²) < 4.78 is 5.18. The number of hydrogen-bond donors (Lipinski definition) is 2. The van der Waals surface area contributed by atoms with E-state index in [0.717, 1.165) is 11.8 Å². The summed E-state index contributed by atoms with van der Waals surface area (Å²) in [7, 11) is 1.63. The fraction of sp³-hybridized carbons (Fsp3) is 0.933. The number of rotatable bonds is 6. The Hall–Kier alpha value is -0.610. The van der Waals surface area contributed by atoms with Crippen molar-refractivity contribution in [3.8, 4) is 0 Å². The third-order valence-electron chi connectivity index (χ3n) is 5.59. The van der Waals surface area contributed by atoms with E-state index in [1.54, 1.807) is 7.11 Å². The largest absolute Gasteiger partial charge is 0.396 e. The molecule has 2 bridgehead atoms. The molecule has 108 valence electrons. The van der Waals surface area contributed by atoms with E-state index >= 15 is 0 Å². The van der Waals surface area contributed by atoms with E-state index in [1.165, 1.54) is 19.3 Å². The normalized spacial score (nSPS) is 41.7. The van der Waals surface area contributed by atoms with E-state index in [-0.39, 0.29) is 18.4 Å². The Bertz CT molecular complexity index is 348. The monoisotopic (exact) mass is 267 g/mol. The lowest BCUT2D eigenvalue weighted by Crippen LogP contribution is -2.51. The van der Waals surface area contributed by atoms with Crippen molar-refractivity contribution < 1.29 is 14.6 Å². The highest BCUT2D eigenvalue weighted by Gasteiger charge is 2.67. The Morgan fingerprint density at radius 2 is 2.00 bits per heavy atom. The average molecular weight is 267 g/mol. The van der Waals surface area contributed by atoms with E-state index in [2.05, 4.69) is 5.32 Å². The highest BCUT2D eigenvalue weighted by Crippen LogP contribution is 2.69. The summed E-state index contributed by atoms with van der Waals surface area (Å²) in [4.78, 5) is 12.5. The number of carbonyl (C=O) groups is 1. The van der Waals surface area contributed by atoms with E-state index < -0.39 is 5.54 Å². The third kappa shape index (κ3) is 2.19. The van der Waals surface area contributed by atoms with Gasteiger partial charge in [0.2, 0.25) is 5.91 Å². The number of aliphatic hydroxyl groups is 1. The Labute approximate surface area is 114 Å². The number of methoxy groups -OCH3 is 1.